The highest BCUT2D eigenvalue weighted by Crippen LogP contribution is 2.44. The van der Waals surface area contributed by atoms with Crippen LogP contribution >= 0.6 is 23.4 Å². The minimum Gasteiger partial charge on any atom is -0.308 e. The fourth-order valence-corrected chi connectivity index (χ4v) is 3.84. The average Bonchev–Trinajstić information content (AvgIpc) is 2.70. The van der Waals surface area contributed by atoms with Gasteiger partial charge >= 0.3 is 0 Å². The first-order valence-electron chi connectivity index (χ1n) is 6.33. The fraction of sp³-hybridized carbons (Fsp3) is 0.286. The molecule has 20 heavy (non-hydrogen) atoms. The predicted molar refractivity (Wildman–Crippen MR) is 82.3 cm³/mol. The van der Waals surface area contributed by atoms with E-state index in [9.17, 15) is 4.79 Å². The number of rotatable bonds is 1. The number of aromatic amines is 1. The molecule has 2 atom stereocenters. The van der Waals surface area contributed by atoms with Crippen molar-refractivity contribution < 1.29 is 4.79 Å². The van der Waals surface area contributed by atoms with Crippen molar-refractivity contribution in [2.75, 3.05) is 5.32 Å². The van der Waals surface area contributed by atoms with Crippen LogP contribution in [-0.4, -0.2) is 21.4 Å². The predicted octanol–water partition coefficient (Wildman–Crippen LogP) is 3.53. The van der Waals surface area contributed by atoms with Gasteiger partial charge in [-0.3, -0.25) is 9.89 Å². The van der Waals surface area contributed by atoms with E-state index < -0.39 is 0 Å². The lowest BCUT2D eigenvalue weighted by Gasteiger charge is -2.17. The molecular formula is C14H14ClN3OS. The van der Waals surface area contributed by atoms with Crippen molar-refractivity contribution in [2.45, 2.75) is 24.3 Å². The Labute approximate surface area is 126 Å². The van der Waals surface area contributed by atoms with Crippen molar-refractivity contribution in [1.29, 1.82) is 0 Å². The third kappa shape index (κ3) is 2.31. The summed E-state index contributed by atoms with van der Waals surface area (Å²) in [5, 5.41) is 10.6. The summed E-state index contributed by atoms with van der Waals surface area (Å²) in [7, 11) is 0. The topological polar surface area (TPSA) is 57.8 Å². The molecule has 2 N–H and O–H groups in total. The number of hydrogen-bond acceptors (Lipinski definition) is 3. The molecule has 3 rings (SSSR count). The van der Waals surface area contributed by atoms with Gasteiger partial charge in [-0.2, -0.15) is 5.10 Å². The van der Waals surface area contributed by atoms with E-state index in [0.29, 0.717) is 10.8 Å². The largest absolute Gasteiger partial charge is 0.308 e. The molecule has 1 aromatic heterocycles. The normalized spacial score (nSPS) is 22.1. The van der Waals surface area contributed by atoms with Crippen LogP contribution in [0.3, 0.4) is 0 Å². The second-order valence-corrected chi connectivity index (χ2v) is 6.70. The number of aryl methyl sites for hydroxylation is 1. The smallest absolute Gasteiger partial charge is 0.238 e. The molecule has 1 aromatic carbocycles. The van der Waals surface area contributed by atoms with E-state index in [2.05, 4.69) is 15.5 Å². The maximum atomic E-state index is 12.0. The van der Waals surface area contributed by atoms with Crippen LogP contribution in [-0.2, 0) is 4.79 Å². The molecule has 4 nitrogen and oxygen atoms in total. The van der Waals surface area contributed by atoms with E-state index in [-0.39, 0.29) is 16.4 Å². The van der Waals surface area contributed by atoms with Gasteiger partial charge in [0.25, 0.3) is 0 Å². The number of H-pyrrole nitrogens is 1. The summed E-state index contributed by atoms with van der Waals surface area (Å²) >= 11 is 7.70. The molecule has 0 bridgehead atoms. The number of fused-ring (bicyclic) bond motifs is 1. The molecule has 0 saturated heterocycles. The number of aromatic nitrogens is 2. The van der Waals surface area contributed by atoms with Crippen LogP contribution in [0.1, 0.15) is 29.0 Å². The summed E-state index contributed by atoms with van der Waals surface area (Å²) in [6.07, 6.45) is 0. The molecule has 0 fully saturated rings. The number of nitrogens with one attached hydrogen (secondary N) is 2. The van der Waals surface area contributed by atoms with Gasteiger partial charge in [-0.05, 0) is 31.5 Å². The van der Waals surface area contributed by atoms with Crippen LogP contribution in [0.15, 0.2) is 24.3 Å². The zero-order chi connectivity index (χ0) is 14.3. The first-order chi connectivity index (χ1) is 9.56. The van der Waals surface area contributed by atoms with E-state index in [4.69, 9.17) is 11.6 Å². The van der Waals surface area contributed by atoms with Crippen LogP contribution in [0.25, 0.3) is 0 Å². The van der Waals surface area contributed by atoms with Crippen molar-refractivity contribution >= 4 is 35.1 Å². The van der Waals surface area contributed by atoms with Crippen LogP contribution in [0.4, 0.5) is 5.82 Å². The van der Waals surface area contributed by atoms with Crippen molar-refractivity contribution in [3.63, 3.8) is 0 Å². The van der Waals surface area contributed by atoms with Crippen LogP contribution in [0.2, 0.25) is 5.02 Å². The van der Waals surface area contributed by atoms with Crippen molar-refractivity contribution in [3.05, 3.63) is 46.1 Å². The van der Waals surface area contributed by atoms with Gasteiger partial charge in [0.2, 0.25) is 5.91 Å². The van der Waals surface area contributed by atoms with E-state index in [1.54, 1.807) is 11.8 Å². The summed E-state index contributed by atoms with van der Waals surface area (Å²) in [5.41, 5.74) is 3.07. The molecule has 6 heteroatoms. The molecule has 104 valence electrons. The number of benzene rings is 1. The molecular weight excluding hydrogens is 294 g/mol. The van der Waals surface area contributed by atoms with E-state index in [1.807, 2.05) is 38.1 Å². The van der Waals surface area contributed by atoms with Crippen LogP contribution in [0, 0.1) is 6.92 Å². The summed E-state index contributed by atoms with van der Waals surface area (Å²) in [6.45, 7) is 3.87. The second kappa shape index (κ2) is 5.14. The first kappa shape index (κ1) is 13.5. The lowest BCUT2D eigenvalue weighted by atomic mass is 10.0. The number of hydrogen-bond donors (Lipinski definition) is 2. The average molecular weight is 308 g/mol. The Morgan fingerprint density at radius 3 is 2.95 bits per heavy atom. The Kier molecular flexibility index (Phi) is 3.48. The Hall–Kier alpha value is -1.46. The molecule has 1 aliphatic heterocycles. The number of amides is 1. The summed E-state index contributed by atoms with van der Waals surface area (Å²) < 4.78 is 0. The number of nitrogens with zero attached hydrogens (tertiary/aromatic N) is 1. The molecule has 0 spiro atoms. The third-order valence-corrected chi connectivity index (χ3v) is 5.00. The van der Waals surface area contributed by atoms with E-state index >= 15 is 0 Å². The second-order valence-electron chi connectivity index (χ2n) is 4.81. The van der Waals surface area contributed by atoms with Gasteiger partial charge in [0.1, 0.15) is 0 Å². The zero-order valence-corrected chi connectivity index (χ0v) is 12.7. The maximum absolute atomic E-state index is 12.0. The standard InChI is InChI=1S/C14H14ClN3OS/c1-7-11-12(9-4-3-5-10(15)6-9)20-8(2)14(19)16-13(11)18-17-7/h3-6,8,12H,1-2H3,(H2,16,17,18,19)/t8-,12-/m0/s1. The van der Waals surface area contributed by atoms with Crippen LogP contribution < -0.4 is 5.32 Å². The molecule has 2 aromatic rings. The quantitative estimate of drug-likeness (QED) is 0.847. The highest BCUT2D eigenvalue weighted by molar-refractivity contribution is 8.01. The van der Waals surface area contributed by atoms with Gasteiger partial charge in [0.15, 0.2) is 5.82 Å². The van der Waals surface area contributed by atoms with Gasteiger partial charge in [-0.25, -0.2) is 0 Å². The van der Waals surface area contributed by atoms with Gasteiger partial charge in [-0.15, -0.1) is 11.8 Å². The number of thioether (sulfide) groups is 1. The zero-order valence-electron chi connectivity index (χ0n) is 11.1. The Balaban J connectivity index is 2.13. The van der Waals surface area contributed by atoms with Crippen molar-refractivity contribution in [1.82, 2.24) is 10.2 Å². The number of halogens is 1. The molecule has 0 radical (unpaired) electrons. The Morgan fingerprint density at radius 1 is 1.40 bits per heavy atom. The number of carbonyl (C=O) groups is 1. The van der Waals surface area contributed by atoms with E-state index in [1.165, 1.54) is 0 Å². The minimum atomic E-state index is -0.146. The Bertz CT molecular complexity index is 670. The van der Waals surface area contributed by atoms with Crippen molar-refractivity contribution in [3.8, 4) is 0 Å². The van der Waals surface area contributed by atoms with Gasteiger partial charge in [-0.1, -0.05) is 23.7 Å². The van der Waals surface area contributed by atoms with Crippen molar-refractivity contribution in [2.24, 2.45) is 0 Å². The molecule has 0 aliphatic carbocycles. The highest BCUT2D eigenvalue weighted by atomic mass is 35.5. The summed E-state index contributed by atoms with van der Waals surface area (Å²) in [4.78, 5) is 12.0. The molecule has 1 amide bonds. The number of carbonyl (C=O) groups excluding carboxylic acids is 1. The molecule has 0 unspecified atom stereocenters. The third-order valence-electron chi connectivity index (χ3n) is 3.36. The molecule has 0 saturated carbocycles. The molecule has 1 aliphatic rings. The SMILES string of the molecule is Cc1[nH]nc2c1[C@H](c1cccc(Cl)c1)S[C@@H](C)C(=O)N2. The lowest BCUT2D eigenvalue weighted by Crippen LogP contribution is -2.21. The maximum Gasteiger partial charge on any atom is 0.238 e. The Morgan fingerprint density at radius 2 is 2.20 bits per heavy atom. The number of anilines is 1. The molecule has 2 heterocycles. The summed E-state index contributed by atoms with van der Waals surface area (Å²) in [6, 6.07) is 7.75. The first-order valence-corrected chi connectivity index (χ1v) is 7.65. The monoisotopic (exact) mass is 307 g/mol. The highest BCUT2D eigenvalue weighted by Gasteiger charge is 2.32. The van der Waals surface area contributed by atoms with E-state index in [0.717, 1.165) is 16.8 Å². The fourth-order valence-electron chi connectivity index (χ4n) is 2.32. The van der Waals surface area contributed by atoms with Gasteiger partial charge < -0.3 is 5.32 Å². The lowest BCUT2D eigenvalue weighted by molar-refractivity contribution is -0.115. The van der Waals surface area contributed by atoms with Gasteiger partial charge in [0, 0.05) is 16.3 Å². The minimum absolute atomic E-state index is 0.0210. The van der Waals surface area contributed by atoms with Gasteiger partial charge in [0.05, 0.1) is 10.5 Å². The summed E-state index contributed by atoms with van der Waals surface area (Å²) in [5.74, 6) is 0.599. The van der Waals surface area contributed by atoms with Crippen LogP contribution in [0.5, 0.6) is 0 Å².